The molecule has 0 saturated carbocycles. The second-order valence-electron chi connectivity index (χ2n) is 10.4. The fourth-order valence-electron chi connectivity index (χ4n) is 4.66. The SMILES string of the molecule is CC[C@@H](C)NC(=O)[C@@H](Cc1ccccc1)N(Cc1ccccc1Cl)C(=O)CN(c1ccccc1)S(=O)(=O)c1ccc(Cl)cc1. The molecule has 2 atom stereocenters. The molecule has 4 aromatic rings. The Bertz CT molecular complexity index is 1650. The van der Waals surface area contributed by atoms with Crippen molar-refractivity contribution in [2.45, 2.75) is 50.2 Å². The number of amides is 2. The van der Waals surface area contributed by atoms with Crippen molar-refractivity contribution in [3.63, 3.8) is 0 Å². The van der Waals surface area contributed by atoms with Gasteiger partial charge in [-0.3, -0.25) is 13.9 Å². The number of halogens is 2. The predicted octanol–water partition coefficient (Wildman–Crippen LogP) is 6.74. The van der Waals surface area contributed by atoms with Crippen LogP contribution in [0.5, 0.6) is 0 Å². The van der Waals surface area contributed by atoms with E-state index in [-0.39, 0.29) is 29.8 Å². The van der Waals surface area contributed by atoms with Crippen LogP contribution in [0.1, 0.15) is 31.4 Å². The number of hydrogen-bond donors (Lipinski definition) is 1. The molecule has 0 radical (unpaired) electrons. The molecule has 230 valence electrons. The largest absolute Gasteiger partial charge is 0.352 e. The van der Waals surface area contributed by atoms with Crippen molar-refractivity contribution in [3.05, 3.63) is 130 Å². The normalized spacial score (nSPS) is 12.6. The lowest BCUT2D eigenvalue weighted by molar-refractivity contribution is -0.140. The van der Waals surface area contributed by atoms with E-state index in [9.17, 15) is 18.0 Å². The summed E-state index contributed by atoms with van der Waals surface area (Å²) in [5.74, 6) is -0.901. The number of nitrogens with zero attached hydrogens (tertiary/aromatic N) is 2. The van der Waals surface area contributed by atoms with E-state index in [1.54, 1.807) is 54.6 Å². The Balaban J connectivity index is 1.80. The summed E-state index contributed by atoms with van der Waals surface area (Å²) in [6.45, 7) is 3.30. The van der Waals surface area contributed by atoms with Gasteiger partial charge in [0.05, 0.1) is 10.6 Å². The van der Waals surface area contributed by atoms with Gasteiger partial charge in [-0.25, -0.2) is 8.42 Å². The standard InChI is InChI=1S/C34H35Cl2N3O4S/c1-3-25(2)37-34(41)32(22-26-12-6-4-7-13-26)38(23-27-14-10-11-17-31(27)36)33(40)24-39(29-15-8-5-9-16-29)44(42,43)30-20-18-28(35)19-21-30/h4-21,25,32H,3,22-24H2,1-2H3,(H,37,41)/t25-,32-/m1/s1. The summed E-state index contributed by atoms with van der Waals surface area (Å²) in [4.78, 5) is 29.7. The summed E-state index contributed by atoms with van der Waals surface area (Å²) in [5.41, 5.74) is 1.78. The first-order chi connectivity index (χ1) is 21.1. The zero-order valence-electron chi connectivity index (χ0n) is 24.6. The van der Waals surface area contributed by atoms with E-state index >= 15 is 0 Å². The van der Waals surface area contributed by atoms with Crippen LogP contribution in [-0.2, 0) is 32.6 Å². The fourth-order valence-corrected chi connectivity index (χ4v) is 6.40. The second-order valence-corrected chi connectivity index (χ2v) is 13.1. The van der Waals surface area contributed by atoms with Crippen molar-refractivity contribution in [2.75, 3.05) is 10.8 Å². The van der Waals surface area contributed by atoms with Crippen molar-refractivity contribution in [1.82, 2.24) is 10.2 Å². The lowest BCUT2D eigenvalue weighted by Gasteiger charge is -2.34. The van der Waals surface area contributed by atoms with Gasteiger partial charge < -0.3 is 10.2 Å². The van der Waals surface area contributed by atoms with Crippen LogP contribution >= 0.6 is 23.2 Å². The maximum atomic E-state index is 14.4. The Labute approximate surface area is 269 Å². The highest BCUT2D eigenvalue weighted by Gasteiger charge is 2.35. The molecule has 0 unspecified atom stereocenters. The van der Waals surface area contributed by atoms with Crippen LogP contribution in [0.15, 0.2) is 114 Å². The molecule has 10 heteroatoms. The monoisotopic (exact) mass is 651 g/mol. The van der Waals surface area contributed by atoms with Gasteiger partial charge in [-0.1, -0.05) is 96.9 Å². The molecule has 4 aromatic carbocycles. The summed E-state index contributed by atoms with van der Waals surface area (Å²) < 4.78 is 29.1. The number of anilines is 1. The van der Waals surface area contributed by atoms with E-state index in [4.69, 9.17) is 23.2 Å². The number of nitrogens with one attached hydrogen (secondary N) is 1. The maximum absolute atomic E-state index is 14.4. The molecular formula is C34H35Cl2N3O4S. The molecule has 0 aromatic heterocycles. The van der Waals surface area contributed by atoms with Gasteiger partial charge in [-0.2, -0.15) is 0 Å². The number of sulfonamides is 1. The van der Waals surface area contributed by atoms with Gasteiger partial charge in [0.1, 0.15) is 12.6 Å². The van der Waals surface area contributed by atoms with Gasteiger partial charge in [0.15, 0.2) is 0 Å². The molecule has 1 N–H and O–H groups in total. The van der Waals surface area contributed by atoms with Crippen LogP contribution in [0.3, 0.4) is 0 Å². The van der Waals surface area contributed by atoms with E-state index < -0.39 is 28.5 Å². The third kappa shape index (κ3) is 8.40. The molecule has 0 aliphatic heterocycles. The highest BCUT2D eigenvalue weighted by Crippen LogP contribution is 2.26. The van der Waals surface area contributed by atoms with Gasteiger partial charge in [0.25, 0.3) is 10.0 Å². The van der Waals surface area contributed by atoms with E-state index in [2.05, 4.69) is 5.32 Å². The molecule has 0 spiro atoms. The summed E-state index contributed by atoms with van der Waals surface area (Å²) >= 11 is 12.6. The van der Waals surface area contributed by atoms with Crippen molar-refractivity contribution in [2.24, 2.45) is 0 Å². The van der Waals surface area contributed by atoms with E-state index in [1.807, 2.05) is 44.2 Å². The summed E-state index contributed by atoms with van der Waals surface area (Å²) in [5, 5.41) is 3.83. The minimum absolute atomic E-state index is 0.00639. The molecule has 2 amide bonds. The van der Waals surface area contributed by atoms with Crippen LogP contribution in [-0.4, -0.2) is 43.8 Å². The lowest BCUT2D eigenvalue weighted by Crippen LogP contribution is -2.54. The number of carbonyl (C=O) groups excluding carboxylic acids is 2. The van der Waals surface area contributed by atoms with E-state index in [1.165, 1.54) is 29.2 Å². The lowest BCUT2D eigenvalue weighted by atomic mass is 10.0. The Morgan fingerprint density at radius 3 is 2.02 bits per heavy atom. The average Bonchev–Trinajstić information content (AvgIpc) is 3.03. The zero-order valence-corrected chi connectivity index (χ0v) is 26.9. The van der Waals surface area contributed by atoms with Crippen molar-refractivity contribution in [3.8, 4) is 0 Å². The highest BCUT2D eigenvalue weighted by atomic mass is 35.5. The maximum Gasteiger partial charge on any atom is 0.264 e. The van der Waals surface area contributed by atoms with Gasteiger partial charge in [0, 0.05) is 29.1 Å². The van der Waals surface area contributed by atoms with Crippen LogP contribution in [0.4, 0.5) is 5.69 Å². The van der Waals surface area contributed by atoms with Gasteiger partial charge in [0.2, 0.25) is 11.8 Å². The zero-order chi connectivity index (χ0) is 31.7. The Hall–Kier alpha value is -3.85. The molecule has 0 fully saturated rings. The molecule has 0 aliphatic carbocycles. The molecular weight excluding hydrogens is 617 g/mol. The molecule has 4 rings (SSSR count). The quantitative estimate of drug-likeness (QED) is 0.173. The van der Waals surface area contributed by atoms with Gasteiger partial charge in [-0.05, 0) is 66.9 Å². The van der Waals surface area contributed by atoms with Crippen LogP contribution < -0.4 is 9.62 Å². The van der Waals surface area contributed by atoms with E-state index in [0.717, 1.165) is 9.87 Å². The first-order valence-electron chi connectivity index (χ1n) is 14.3. The first kappa shape index (κ1) is 33.1. The Morgan fingerprint density at radius 2 is 1.41 bits per heavy atom. The number of carbonyl (C=O) groups is 2. The van der Waals surface area contributed by atoms with Crippen molar-refractivity contribution >= 4 is 50.7 Å². The minimum Gasteiger partial charge on any atom is -0.352 e. The Morgan fingerprint density at radius 1 is 0.818 bits per heavy atom. The van der Waals surface area contributed by atoms with Crippen molar-refractivity contribution in [1.29, 1.82) is 0 Å². The minimum atomic E-state index is -4.21. The Kier molecular flexibility index (Phi) is 11.4. The van der Waals surface area contributed by atoms with Crippen molar-refractivity contribution < 1.29 is 18.0 Å². The summed E-state index contributed by atoms with van der Waals surface area (Å²) in [6.07, 6.45) is 0.915. The molecule has 44 heavy (non-hydrogen) atoms. The van der Waals surface area contributed by atoms with Gasteiger partial charge >= 0.3 is 0 Å². The van der Waals surface area contributed by atoms with Crippen LogP contribution in [0.2, 0.25) is 10.0 Å². The molecule has 0 aliphatic rings. The fraction of sp³-hybridized carbons (Fsp3) is 0.235. The second kappa shape index (κ2) is 15.2. The predicted molar refractivity (Wildman–Crippen MR) is 176 cm³/mol. The number of para-hydroxylation sites is 1. The summed E-state index contributed by atoms with van der Waals surface area (Å²) in [6, 6.07) is 29.6. The van der Waals surface area contributed by atoms with Crippen LogP contribution in [0, 0.1) is 0 Å². The first-order valence-corrected chi connectivity index (χ1v) is 16.5. The highest BCUT2D eigenvalue weighted by molar-refractivity contribution is 7.92. The number of benzene rings is 4. The third-order valence-corrected chi connectivity index (χ3v) is 9.70. The smallest absolute Gasteiger partial charge is 0.264 e. The third-order valence-electron chi connectivity index (χ3n) is 7.30. The van der Waals surface area contributed by atoms with Crippen LogP contribution in [0.25, 0.3) is 0 Å². The number of hydrogen-bond acceptors (Lipinski definition) is 4. The topological polar surface area (TPSA) is 86.8 Å². The average molecular weight is 653 g/mol. The number of rotatable bonds is 13. The molecule has 0 heterocycles. The van der Waals surface area contributed by atoms with Gasteiger partial charge in [-0.15, -0.1) is 0 Å². The van der Waals surface area contributed by atoms with E-state index in [0.29, 0.717) is 27.7 Å². The molecule has 7 nitrogen and oxygen atoms in total. The molecule has 0 saturated heterocycles. The molecule has 0 bridgehead atoms. The summed E-state index contributed by atoms with van der Waals surface area (Å²) in [7, 11) is -4.21.